The van der Waals surface area contributed by atoms with Crippen LogP contribution >= 0.6 is 23.2 Å². The first-order valence-corrected chi connectivity index (χ1v) is 9.28. The van der Waals surface area contributed by atoms with Crippen molar-refractivity contribution < 1.29 is 9.59 Å². The lowest BCUT2D eigenvalue weighted by Crippen LogP contribution is -2.45. The molecule has 27 heavy (non-hydrogen) atoms. The molecule has 0 bridgehead atoms. The molecule has 1 atom stereocenters. The van der Waals surface area contributed by atoms with E-state index in [0.717, 1.165) is 17.5 Å². The molecule has 1 aliphatic rings. The Bertz CT molecular complexity index is 1010. The zero-order chi connectivity index (χ0) is 19.0. The fourth-order valence-electron chi connectivity index (χ4n) is 3.37. The maximum Gasteiger partial charge on any atom is 0.261 e. The van der Waals surface area contributed by atoms with E-state index in [0.29, 0.717) is 28.6 Å². The predicted molar refractivity (Wildman–Crippen MR) is 105 cm³/mol. The molecule has 1 aliphatic heterocycles. The van der Waals surface area contributed by atoms with E-state index in [9.17, 15) is 9.59 Å². The molecular weight excluding hydrogens is 387 g/mol. The van der Waals surface area contributed by atoms with Crippen LogP contribution in [0.3, 0.4) is 0 Å². The molecule has 4 rings (SSSR count). The number of fused-ring (bicyclic) bond motifs is 1. The van der Waals surface area contributed by atoms with Crippen LogP contribution in [0.5, 0.6) is 0 Å². The molecule has 3 aromatic rings. The quantitative estimate of drug-likeness (QED) is 0.725. The summed E-state index contributed by atoms with van der Waals surface area (Å²) in [5.41, 5.74) is 4.79. The first-order chi connectivity index (χ1) is 13.0. The Morgan fingerprint density at radius 1 is 1.11 bits per heavy atom. The van der Waals surface area contributed by atoms with E-state index in [-0.39, 0.29) is 11.8 Å². The van der Waals surface area contributed by atoms with Gasteiger partial charge in [0.1, 0.15) is 12.4 Å². The largest absolute Gasteiger partial charge is 0.327 e. The van der Waals surface area contributed by atoms with Crippen molar-refractivity contribution in [3.8, 4) is 0 Å². The minimum absolute atomic E-state index is 0.253. The topological polar surface area (TPSA) is 67.2 Å². The number of carbonyl (C=O) groups is 2. The Labute approximate surface area is 165 Å². The molecule has 1 aromatic heterocycles. The van der Waals surface area contributed by atoms with Crippen molar-refractivity contribution in [3.63, 3.8) is 0 Å². The molecule has 0 spiro atoms. The number of aromatic nitrogens is 2. The summed E-state index contributed by atoms with van der Waals surface area (Å²) in [5, 5.41) is 0.770. The molecular formula is C19H16Cl2N4O2. The first kappa shape index (κ1) is 17.8. The van der Waals surface area contributed by atoms with Gasteiger partial charge >= 0.3 is 0 Å². The standard InChI is InChI=1S/C19H16Cl2N4O2/c20-13-8-12(9-14(21)10-13)19(27)24-7-3-6-17(24)18(26)23-25-11-22-15-4-1-2-5-16(15)25/h1-2,4-5,8-11,17H,3,6-7H2,(H,23,26)/t17-/m0/s1. The first-order valence-electron chi connectivity index (χ1n) is 8.53. The normalized spacial score (nSPS) is 16.7. The van der Waals surface area contributed by atoms with Gasteiger partial charge in [0.2, 0.25) is 0 Å². The van der Waals surface area contributed by atoms with Crippen molar-refractivity contribution in [2.75, 3.05) is 12.0 Å². The maximum atomic E-state index is 12.9. The highest BCUT2D eigenvalue weighted by Gasteiger charge is 2.35. The number of rotatable bonds is 3. The summed E-state index contributed by atoms with van der Waals surface area (Å²) in [7, 11) is 0. The summed E-state index contributed by atoms with van der Waals surface area (Å²) in [5.74, 6) is -0.510. The van der Waals surface area contributed by atoms with E-state index >= 15 is 0 Å². The van der Waals surface area contributed by atoms with Gasteiger partial charge in [0.15, 0.2) is 0 Å². The molecule has 1 saturated heterocycles. The second-order valence-electron chi connectivity index (χ2n) is 6.39. The third-order valence-electron chi connectivity index (χ3n) is 4.61. The molecule has 8 heteroatoms. The summed E-state index contributed by atoms with van der Waals surface area (Å²) >= 11 is 12.0. The van der Waals surface area contributed by atoms with E-state index in [1.165, 1.54) is 0 Å². The van der Waals surface area contributed by atoms with Gasteiger partial charge in [0, 0.05) is 22.2 Å². The van der Waals surface area contributed by atoms with Crippen molar-refractivity contribution in [2.45, 2.75) is 18.9 Å². The third-order valence-corrected chi connectivity index (χ3v) is 5.05. The zero-order valence-corrected chi connectivity index (χ0v) is 15.7. The summed E-state index contributed by atoms with van der Waals surface area (Å²) in [4.78, 5) is 31.5. The Balaban J connectivity index is 1.55. The monoisotopic (exact) mass is 402 g/mol. The van der Waals surface area contributed by atoms with Crippen molar-refractivity contribution in [2.24, 2.45) is 0 Å². The van der Waals surface area contributed by atoms with Gasteiger partial charge in [-0.1, -0.05) is 35.3 Å². The number of hydrogen-bond acceptors (Lipinski definition) is 3. The molecule has 0 saturated carbocycles. The van der Waals surface area contributed by atoms with Crippen LogP contribution in [-0.4, -0.2) is 39.0 Å². The second-order valence-corrected chi connectivity index (χ2v) is 7.27. The Kier molecular flexibility index (Phi) is 4.76. The number of likely N-dealkylation sites (tertiary alicyclic amines) is 1. The Morgan fingerprint density at radius 3 is 2.63 bits per heavy atom. The van der Waals surface area contributed by atoms with Gasteiger partial charge in [0.25, 0.3) is 11.8 Å². The Morgan fingerprint density at radius 2 is 1.85 bits per heavy atom. The summed E-state index contributed by atoms with van der Waals surface area (Å²) in [6.45, 7) is 0.506. The highest BCUT2D eigenvalue weighted by Crippen LogP contribution is 2.25. The van der Waals surface area contributed by atoms with Gasteiger partial charge in [-0.05, 0) is 43.2 Å². The number of amides is 2. The summed E-state index contributed by atoms with van der Waals surface area (Å²) in [6.07, 6.45) is 2.90. The van der Waals surface area contributed by atoms with Crippen LogP contribution < -0.4 is 5.43 Å². The van der Waals surface area contributed by atoms with Gasteiger partial charge in [-0.15, -0.1) is 0 Å². The van der Waals surface area contributed by atoms with Crippen LogP contribution in [0.1, 0.15) is 23.2 Å². The average Bonchev–Trinajstić information content (AvgIpc) is 3.28. The smallest absolute Gasteiger partial charge is 0.261 e. The second kappa shape index (κ2) is 7.21. The van der Waals surface area contributed by atoms with E-state index < -0.39 is 6.04 Å². The van der Waals surface area contributed by atoms with E-state index in [1.807, 2.05) is 24.3 Å². The molecule has 6 nitrogen and oxygen atoms in total. The van der Waals surface area contributed by atoms with Crippen LogP contribution in [0, 0.1) is 0 Å². The number of benzene rings is 2. The fraction of sp³-hybridized carbons (Fsp3) is 0.211. The molecule has 138 valence electrons. The van der Waals surface area contributed by atoms with Crippen molar-refractivity contribution >= 4 is 46.0 Å². The molecule has 0 radical (unpaired) electrons. The minimum Gasteiger partial charge on any atom is -0.327 e. The van der Waals surface area contributed by atoms with Crippen LogP contribution in [0.15, 0.2) is 48.8 Å². The molecule has 0 aliphatic carbocycles. The highest BCUT2D eigenvalue weighted by atomic mass is 35.5. The summed E-state index contributed by atoms with van der Waals surface area (Å²) < 4.78 is 1.58. The van der Waals surface area contributed by atoms with Crippen molar-refractivity contribution in [3.05, 3.63) is 64.4 Å². The van der Waals surface area contributed by atoms with Crippen LogP contribution in [0.4, 0.5) is 0 Å². The van der Waals surface area contributed by atoms with Crippen molar-refractivity contribution in [1.82, 2.24) is 14.6 Å². The van der Waals surface area contributed by atoms with Gasteiger partial charge in [-0.2, -0.15) is 0 Å². The fourth-order valence-corrected chi connectivity index (χ4v) is 3.89. The molecule has 0 unspecified atom stereocenters. The number of halogens is 2. The van der Waals surface area contributed by atoms with Gasteiger partial charge in [-0.25, -0.2) is 9.66 Å². The lowest BCUT2D eigenvalue weighted by Gasteiger charge is -2.24. The van der Waals surface area contributed by atoms with E-state index in [4.69, 9.17) is 23.2 Å². The van der Waals surface area contributed by atoms with Gasteiger partial charge in [-0.3, -0.25) is 15.0 Å². The van der Waals surface area contributed by atoms with Gasteiger partial charge < -0.3 is 4.90 Å². The third kappa shape index (κ3) is 3.50. The average molecular weight is 403 g/mol. The lowest BCUT2D eigenvalue weighted by molar-refractivity contribution is -0.120. The van der Waals surface area contributed by atoms with E-state index in [1.54, 1.807) is 34.1 Å². The van der Waals surface area contributed by atoms with Crippen LogP contribution in [0.2, 0.25) is 10.0 Å². The predicted octanol–water partition coefficient (Wildman–Crippen LogP) is 3.72. The lowest BCUT2D eigenvalue weighted by atomic mass is 10.1. The number of imidazole rings is 1. The van der Waals surface area contributed by atoms with Crippen LogP contribution in [-0.2, 0) is 4.79 Å². The zero-order valence-electron chi connectivity index (χ0n) is 14.2. The number of carbonyl (C=O) groups excluding carboxylic acids is 2. The summed E-state index contributed by atoms with van der Waals surface area (Å²) in [6, 6.07) is 11.6. The van der Waals surface area contributed by atoms with E-state index in [2.05, 4.69) is 10.4 Å². The molecule has 1 fully saturated rings. The highest BCUT2D eigenvalue weighted by molar-refractivity contribution is 6.35. The maximum absolute atomic E-state index is 12.9. The SMILES string of the molecule is O=C(Nn1cnc2ccccc21)[C@@H]1CCCN1C(=O)c1cc(Cl)cc(Cl)c1. The molecule has 2 aromatic carbocycles. The van der Waals surface area contributed by atoms with Crippen LogP contribution in [0.25, 0.3) is 11.0 Å². The number of para-hydroxylation sites is 2. The molecule has 2 amide bonds. The molecule has 2 heterocycles. The van der Waals surface area contributed by atoms with Crippen molar-refractivity contribution in [1.29, 1.82) is 0 Å². The number of hydrogen-bond donors (Lipinski definition) is 1. The number of nitrogens with zero attached hydrogens (tertiary/aromatic N) is 3. The Hall–Kier alpha value is -2.57. The molecule has 1 N–H and O–H groups in total. The minimum atomic E-state index is -0.559. The number of nitrogens with one attached hydrogen (secondary N) is 1. The van der Waals surface area contributed by atoms with Gasteiger partial charge in [0.05, 0.1) is 11.0 Å².